The number of urea groups is 1. The number of nitrogens with zero attached hydrogens (tertiary/aromatic N) is 1. The number of likely N-dealkylation sites (tertiary alicyclic amines) is 1. The molecule has 1 aromatic rings. The first-order valence-corrected chi connectivity index (χ1v) is 9.64. The fraction of sp³-hybridized carbons (Fsp3) is 0.600. The first-order valence-electron chi connectivity index (χ1n) is 9.64. The normalized spacial score (nSPS) is 22.0. The van der Waals surface area contributed by atoms with Crippen LogP contribution in [0.1, 0.15) is 32.6 Å². The van der Waals surface area contributed by atoms with E-state index in [1.165, 1.54) is 0 Å². The van der Waals surface area contributed by atoms with E-state index in [9.17, 15) is 9.59 Å². The molecule has 2 atom stereocenters. The topological polar surface area (TPSA) is 70.7 Å². The summed E-state index contributed by atoms with van der Waals surface area (Å²) >= 11 is 0. The summed E-state index contributed by atoms with van der Waals surface area (Å²) in [7, 11) is 0. The molecule has 26 heavy (non-hydrogen) atoms. The molecule has 2 fully saturated rings. The Morgan fingerprint density at radius 3 is 2.58 bits per heavy atom. The lowest BCUT2D eigenvalue weighted by Gasteiger charge is -2.34. The molecule has 0 spiro atoms. The van der Waals surface area contributed by atoms with Gasteiger partial charge in [0.1, 0.15) is 0 Å². The zero-order valence-electron chi connectivity index (χ0n) is 15.4. The number of hydrogen-bond acceptors (Lipinski definition) is 3. The molecule has 2 heterocycles. The van der Waals surface area contributed by atoms with E-state index in [4.69, 9.17) is 4.74 Å². The summed E-state index contributed by atoms with van der Waals surface area (Å²) in [5, 5.41) is 5.96. The highest BCUT2D eigenvalue weighted by molar-refractivity contribution is 5.89. The van der Waals surface area contributed by atoms with E-state index in [0.29, 0.717) is 25.6 Å². The summed E-state index contributed by atoms with van der Waals surface area (Å²) in [5.41, 5.74) is 0.807. The smallest absolute Gasteiger partial charge is 0.321 e. The molecule has 0 aromatic heterocycles. The predicted molar refractivity (Wildman–Crippen MR) is 101 cm³/mol. The number of carbonyl (C=O) groups excluding carboxylic acids is 2. The number of amides is 3. The Morgan fingerprint density at radius 1 is 1.19 bits per heavy atom. The van der Waals surface area contributed by atoms with Crippen LogP contribution in [0.4, 0.5) is 10.5 Å². The van der Waals surface area contributed by atoms with Gasteiger partial charge in [0.2, 0.25) is 5.91 Å². The second kappa shape index (κ2) is 9.03. The van der Waals surface area contributed by atoms with Crippen LogP contribution in [0.5, 0.6) is 0 Å². The molecule has 142 valence electrons. The third-order valence-corrected chi connectivity index (χ3v) is 5.50. The molecule has 0 radical (unpaired) electrons. The average molecular weight is 359 g/mol. The highest BCUT2D eigenvalue weighted by Gasteiger charge is 2.30. The first kappa shape index (κ1) is 18.7. The second-order valence-electron chi connectivity index (χ2n) is 7.29. The zero-order chi connectivity index (χ0) is 18.4. The van der Waals surface area contributed by atoms with Gasteiger partial charge in [-0.15, -0.1) is 0 Å². The maximum atomic E-state index is 12.4. The van der Waals surface area contributed by atoms with Gasteiger partial charge in [0.05, 0.1) is 6.10 Å². The van der Waals surface area contributed by atoms with E-state index in [1.807, 2.05) is 42.2 Å². The average Bonchev–Trinajstić information content (AvgIpc) is 3.20. The predicted octanol–water partition coefficient (Wildman–Crippen LogP) is 2.86. The van der Waals surface area contributed by atoms with Crippen molar-refractivity contribution in [3.8, 4) is 0 Å². The minimum atomic E-state index is -0.0647. The highest BCUT2D eigenvalue weighted by atomic mass is 16.5. The molecule has 1 aromatic carbocycles. The van der Waals surface area contributed by atoms with Crippen LogP contribution in [0.3, 0.4) is 0 Å². The van der Waals surface area contributed by atoms with Crippen molar-refractivity contribution in [3.63, 3.8) is 0 Å². The fourth-order valence-electron chi connectivity index (χ4n) is 3.72. The van der Waals surface area contributed by atoms with E-state index in [0.717, 1.165) is 38.0 Å². The summed E-state index contributed by atoms with van der Waals surface area (Å²) in [4.78, 5) is 26.6. The summed E-state index contributed by atoms with van der Waals surface area (Å²) in [6.07, 6.45) is 4.01. The van der Waals surface area contributed by atoms with Gasteiger partial charge in [0.15, 0.2) is 0 Å². The van der Waals surface area contributed by atoms with Crippen molar-refractivity contribution in [3.05, 3.63) is 30.3 Å². The van der Waals surface area contributed by atoms with Gasteiger partial charge in [-0.25, -0.2) is 4.79 Å². The van der Waals surface area contributed by atoms with Crippen LogP contribution in [-0.4, -0.2) is 49.2 Å². The van der Waals surface area contributed by atoms with Gasteiger partial charge in [-0.3, -0.25) is 4.79 Å². The SMILES string of the molecule is C[C@@H](C(=O)NC[C@H]1CCCO1)C1CCN(C(=O)Nc2ccccc2)CC1. The van der Waals surface area contributed by atoms with Crippen molar-refractivity contribution in [2.45, 2.75) is 38.7 Å². The van der Waals surface area contributed by atoms with Gasteiger partial charge in [-0.2, -0.15) is 0 Å². The van der Waals surface area contributed by atoms with Crippen LogP contribution in [0, 0.1) is 11.8 Å². The molecule has 3 amide bonds. The van der Waals surface area contributed by atoms with E-state index >= 15 is 0 Å². The summed E-state index contributed by atoms with van der Waals surface area (Å²) in [5.74, 6) is 0.392. The number of anilines is 1. The van der Waals surface area contributed by atoms with Crippen LogP contribution >= 0.6 is 0 Å². The van der Waals surface area contributed by atoms with Crippen LogP contribution in [-0.2, 0) is 9.53 Å². The number of rotatable bonds is 5. The maximum absolute atomic E-state index is 12.4. The molecular formula is C20H29N3O3. The quantitative estimate of drug-likeness (QED) is 0.849. The maximum Gasteiger partial charge on any atom is 0.321 e. The fourth-order valence-corrected chi connectivity index (χ4v) is 3.72. The Hall–Kier alpha value is -2.08. The molecule has 0 aliphatic carbocycles. The van der Waals surface area contributed by atoms with Crippen molar-refractivity contribution in [2.24, 2.45) is 11.8 Å². The number of nitrogens with one attached hydrogen (secondary N) is 2. The Balaban J connectivity index is 1.40. The van der Waals surface area contributed by atoms with Gasteiger partial charge in [0, 0.05) is 37.8 Å². The minimum absolute atomic E-state index is 0.0317. The third-order valence-electron chi connectivity index (χ3n) is 5.50. The van der Waals surface area contributed by atoms with Gasteiger partial charge in [-0.1, -0.05) is 25.1 Å². The number of carbonyl (C=O) groups is 2. The largest absolute Gasteiger partial charge is 0.376 e. The number of piperidine rings is 1. The molecule has 2 aliphatic heterocycles. The molecule has 3 rings (SSSR count). The summed E-state index contributed by atoms with van der Waals surface area (Å²) < 4.78 is 5.55. The van der Waals surface area contributed by atoms with Gasteiger partial charge >= 0.3 is 6.03 Å². The van der Waals surface area contributed by atoms with E-state index < -0.39 is 0 Å². The van der Waals surface area contributed by atoms with Crippen molar-refractivity contribution in [1.82, 2.24) is 10.2 Å². The van der Waals surface area contributed by atoms with Crippen molar-refractivity contribution >= 4 is 17.6 Å². The molecular weight excluding hydrogens is 330 g/mol. The second-order valence-corrected chi connectivity index (χ2v) is 7.29. The van der Waals surface area contributed by atoms with Crippen LogP contribution < -0.4 is 10.6 Å². The molecule has 6 nitrogen and oxygen atoms in total. The monoisotopic (exact) mass is 359 g/mol. The van der Waals surface area contributed by atoms with Crippen molar-refractivity contribution < 1.29 is 14.3 Å². The van der Waals surface area contributed by atoms with Gasteiger partial charge in [-0.05, 0) is 43.7 Å². The number of hydrogen-bond donors (Lipinski definition) is 2. The lowest BCUT2D eigenvalue weighted by Crippen LogP contribution is -2.45. The Labute approximate surface area is 155 Å². The number of ether oxygens (including phenoxy) is 1. The number of benzene rings is 1. The summed E-state index contributed by atoms with van der Waals surface area (Å²) in [6, 6.07) is 9.42. The molecule has 0 saturated carbocycles. The van der Waals surface area contributed by atoms with Gasteiger partial charge < -0.3 is 20.3 Å². The van der Waals surface area contributed by atoms with Crippen molar-refractivity contribution in [2.75, 3.05) is 31.6 Å². The first-order chi connectivity index (χ1) is 12.6. The summed E-state index contributed by atoms with van der Waals surface area (Å²) in [6.45, 7) is 4.79. The number of para-hydroxylation sites is 1. The molecule has 0 unspecified atom stereocenters. The van der Waals surface area contributed by atoms with Crippen LogP contribution in [0.15, 0.2) is 30.3 Å². The van der Waals surface area contributed by atoms with Crippen LogP contribution in [0.25, 0.3) is 0 Å². The zero-order valence-corrected chi connectivity index (χ0v) is 15.4. The Bertz CT molecular complexity index is 594. The molecule has 2 N–H and O–H groups in total. The molecule has 0 bridgehead atoms. The highest BCUT2D eigenvalue weighted by Crippen LogP contribution is 2.25. The standard InChI is InChI=1S/C20H29N3O3/c1-15(19(24)21-14-18-8-5-13-26-18)16-9-11-23(12-10-16)20(25)22-17-6-3-2-4-7-17/h2-4,6-7,15-16,18H,5,8-14H2,1H3,(H,21,24)(H,22,25)/t15-,18-/m1/s1. The molecule has 2 aliphatic rings. The van der Waals surface area contributed by atoms with E-state index in [1.54, 1.807) is 0 Å². The van der Waals surface area contributed by atoms with E-state index in [-0.39, 0.29) is 24.0 Å². The van der Waals surface area contributed by atoms with Crippen molar-refractivity contribution in [1.29, 1.82) is 0 Å². The Kier molecular flexibility index (Phi) is 6.50. The van der Waals surface area contributed by atoms with E-state index in [2.05, 4.69) is 10.6 Å². The van der Waals surface area contributed by atoms with Crippen LogP contribution in [0.2, 0.25) is 0 Å². The molecule has 6 heteroatoms. The molecule has 2 saturated heterocycles. The van der Waals surface area contributed by atoms with Gasteiger partial charge in [0.25, 0.3) is 0 Å². The third kappa shape index (κ3) is 4.97. The minimum Gasteiger partial charge on any atom is -0.376 e. The lowest BCUT2D eigenvalue weighted by molar-refractivity contribution is -0.127. The Morgan fingerprint density at radius 2 is 1.92 bits per heavy atom. The lowest BCUT2D eigenvalue weighted by atomic mass is 9.85.